The Morgan fingerprint density at radius 1 is 1.24 bits per heavy atom. The van der Waals surface area contributed by atoms with Crippen molar-refractivity contribution < 1.29 is 4.74 Å². The summed E-state index contributed by atoms with van der Waals surface area (Å²) >= 11 is 0. The van der Waals surface area contributed by atoms with E-state index in [1.54, 1.807) is 0 Å². The van der Waals surface area contributed by atoms with Gasteiger partial charge in [-0.2, -0.15) is 5.26 Å². The summed E-state index contributed by atoms with van der Waals surface area (Å²) < 4.78 is 5.76. The fraction of sp³-hybridized carbons (Fsp3) is 0.727. The van der Waals surface area contributed by atoms with E-state index in [-0.39, 0.29) is 6.10 Å². The van der Waals surface area contributed by atoms with E-state index in [9.17, 15) is 5.26 Å². The zero-order valence-corrected chi connectivity index (χ0v) is 18.3. The molecule has 0 radical (unpaired) electrons. The van der Waals surface area contributed by atoms with Crippen molar-refractivity contribution in [3.63, 3.8) is 0 Å². The summed E-state index contributed by atoms with van der Waals surface area (Å²) in [7, 11) is 2.12. The highest BCUT2D eigenvalue weighted by atomic mass is 16.5. The lowest BCUT2D eigenvalue weighted by atomic mass is 9.96. The fourth-order valence-electron chi connectivity index (χ4n) is 4.23. The maximum Gasteiger partial charge on any atom is 0.146 e. The SMILES string of the molecule is CCN(CC)CCCNc1nc(NC[C@H]2CCCO2)c2c(c1C#N)CCN(C)C2. The monoisotopic (exact) mass is 400 g/mol. The van der Waals surface area contributed by atoms with Gasteiger partial charge in [-0.05, 0) is 57.9 Å². The molecular weight excluding hydrogens is 364 g/mol. The first kappa shape index (κ1) is 21.8. The molecule has 0 amide bonds. The highest BCUT2D eigenvalue weighted by Crippen LogP contribution is 2.31. The van der Waals surface area contributed by atoms with Crippen LogP contribution in [0, 0.1) is 11.3 Å². The van der Waals surface area contributed by atoms with Crippen LogP contribution in [0.1, 0.15) is 49.8 Å². The molecule has 0 bridgehead atoms. The van der Waals surface area contributed by atoms with Gasteiger partial charge < -0.3 is 25.2 Å². The van der Waals surface area contributed by atoms with Gasteiger partial charge in [0.1, 0.15) is 17.7 Å². The van der Waals surface area contributed by atoms with Crippen LogP contribution >= 0.6 is 0 Å². The minimum Gasteiger partial charge on any atom is -0.376 e. The van der Waals surface area contributed by atoms with Crippen molar-refractivity contribution in [1.82, 2.24) is 14.8 Å². The second-order valence-electron chi connectivity index (χ2n) is 8.06. The molecule has 0 unspecified atom stereocenters. The predicted molar refractivity (Wildman–Crippen MR) is 117 cm³/mol. The van der Waals surface area contributed by atoms with Crippen LogP contribution in [0.15, 0.2) is 0 Å². The van der Waals surface area contributed by atoms with E-state index in [0.717, 1.165) is 101 Å². The third kappa shape index (κ3) is 5.59. The average Bonchev–Trinajstić information content (AvgIpc) is 3.25. The topological polar surface area (TPSA) is 76.5 Å². The van der Waals surface area contributed by atoms with Crippen molar-refractivity contribution >= 4 is 11.6 Å². The van der Waals surface area contributed by atoms with Gasteiger partial charge in [-0.3, -0.25) is 0 Å². The van der Waals surface area contributed by atoms with Gasteiger partial charge in [0.05, 0.1) is 11.7 Å². The molecular formula is C22H36N6O. The van der Waals surface area contributed by atoms with Gasteiger partial charge in [0, 0.05) is 38.3 Å². The van der Waals surface area contributed by atoms with Gasteiger partial charge in [-0.1, -0.05) is 13.8 Å². The Balaban J connectivity index is 1.75. The second-order valence-corrected chi connectivity index (χ2v) is 8.06. The lowest BCUT2D eigenvalue weighted by Gasteiger charge is -2.29. The van der Waals surface area contributed by atoms with E-state index in [4.69, 9.17) is 9.72 Å². The molecule has 160 valence electrons. The van der Waals surface area contributed by atoms with Gasteiger partial charge in [-0.25, -0.2) is 4.98 Å². The number of rotatable bonds is 10. The minimum atomic E-state index is 0.259. The fourth-order valence-corrected chi connectivity index (χ4v) is 4.23. The van der Waals surface area contributed by atoms with Crippen molar-refractivity contribution in [1.29, 1.82) is 5.26 Å². The first-order valence-corrected chi connectivity index (χ1v) is 11.1. The molecule has 2 N–H and O–H groups in total. The maximum absolute atomic E-state index is 9.86. The Bertz CT molecular complexity index is 706. The molecule has 1 aromatic rings. The van der Waals surface area contributed by atoms with E-state index in [0.29, 0.717) is 0 Å². The lowest BCUT2D eigenvalue weighted by molar-refractivity contribution is 0.120. The van der Waals surface area contributed by atoms with E-state index in [2.05, 4.69) is 47.4 Å². The standard InChI is InChI=1S/C22H36N6O/c1-4-28(5-2)11-7-10-24-21-19(14-23)18-9-12-27(3)16-20(18)22(26-21)25-15-17-8-6-13-29-17/h17H,4-13,15-16H2,1-3H3,(H2,24,25,26)/t17-/m1/s1. The van der Waals surface area contributed by atoms with Crippen LogP contribution in [0.25, 0.3) is 0 Å². The molecule has 1 atom stereocenters. The van der Waals surface area contributed by atoms with Crippen LogP contribution in [-0.4, -0.2) is 73.8 Å². The predicted octanol–water partition coefficient (Wildman–Crippen LogP) is 2.68. The molecule has 2 aliphatic rings. The zero-order valence-electron chi connectivity index (χ0n) is 18.3. The summed E-state index contributed by atoms with van der Waals surface area (Å²) in [6, 6.07) is 2.43. The van der Waals surface area contributed by atoms with Crippen molar-refractivity contribution in [2.75, 3.05) is 63.6 Å². The summed E-state index contributed by atoms with van der Waals surface area (Å²) in [6.07, 6.45) is 4.41. The molecule has 0 spiro atoms. The maximum atomic E-state index is 9.86. The molecule has 1 fully saturated rings. The summed E-state index contributed by atoms with van der Waals surface area (Å²) in [4.78, 5) is 9.57. The first-order valence-electron chi connectivity index (χ1n) is 11.1. The summed E-state index contributed by atoms with van der Waals surface area (Å²) in [5.41, 5.74) is 3.04. The summed E-state index contributed by atoms with van der Waals surface area (Å²) in [5, 5.41) is 16.8. The quantitative estimate of drug-likeness (QED) is 0.585. The molecule has 7 nitrogen and oxygen atoms in total. The minimum absolute atomic E-state index is 0.259. The molecule has 3 rings (SSSR count). The van der Waals surface area contributed by atoms with Crippen LogP contribution in [0.5, 0.6) is 0 Å². The third-order valence-electron chi connectivity index (χ3n) is 6.05. The Hall–Kier alpha value is -1.88. The summed E-state index contributed by atoms with van der Waals surface area (Å²) in [6.45, 7) is 11.8. The number of hydrogen-bond acceptors (Lipinski definition) is 7. The van der Waals surface area contributed by atoms with Crippen LogP contribution in [-0.2, 0) is 17.7 Å². The number of nitrogens with one attached hydrogen (secondary N) is 2. The van der Waals surface area contributed by atoms with Crippen LogP contribution < -0.4 is 10.6 Å². The molecule has 1 saturated heterocycles. The lowest BCUT2D eigenvalue weighted by Crippen LogP contribution is -2.30. The number of nitriles is 1. The van der Waals surface area contributed by atoms with Crippen LogP contribution in [0.4, 0.5) is 11.6 Å². The Kier molecular flexibility index (Phi) is 8.10. The van der Waals surface area contributed by atoms with Gasteiger partial charge >= 0.3 is 0 Å². The largest absolute Gasteiger partial charge is 0.376 e. The van der Waals surface area contributed by atoms with Crippen LogP contribution in [0.3, 0.4) is 0 Å². The Labute approximate surface area is 175 Å². The number of ether oxygens (including phenoxy) is 1. The van der Waals surface area contributed by atoms with Crippen LogP contribution in [0.2, 0.25) is 0 Å². The number of aromatic nitrogens is 1. The number of anilines is 2. The molecule has 0 aliphatic carbocycles. The second kappa shape index (κ2) is 10.8. The number of pyridine rings is 1. The van der Waals surface area contributed by atoms with Gasteiger partial charge in [0.15, 0.2) is 0 Å². The number of fused-ring (bicyclic) bond motifs is 1. The van der Waals surface area contributed by atoms with Crippen molar-refractivity contribution in [2.24, 2.45) is 0 Å². The van der Waals surface area contributed by atoms with E-state index < -0.39 is 0 Å². The molecule has 29 heavy (non-hydrogen) atoms. The smallest absolute Gasteiger partial charge is 0.146 e. The van der Waals surface area contributed by atoms with Crippen molar-refractivity contribution in [2.45, 2.75) is 52.2 Å². The normalized spacial score (nSPS) is 19.2. The van der Waals surface area contributed by atoms with E-state index in [1.807, 2.05) is 0 Å². The Morgan fingerprint density at radius 3 is 2.76 bits per heavy atom. The number of likely N-dealkylation sites (N-methyl/N-ethyl adjacent to an activating group) is 1. The molecule has 0 saturated carbocycles. The summed E-state index contributed by atoms with van der Waals surface area (Å²) in [5.74, 6) is 1.64. The number of hydrogen-bond donors (Lipinski definition) is 2. The molecule has 2 aliphatic heterocycles. The molecule has 1 aromatic heterocycles. The van der Waals surface area contributed by atoms with Gasteiger partial charge in [0.25, 0.3) is 0 Å². The van der Waals surface area contributed by atoms with Crippen molar-refractivity contribution in [3.05, 3.63) is 16.7 Å². The average molecular weight is 401 g/mol. The molecule has 0 aromatic carbocycles. The van der Waals surface area contributed by atoms with Gasteiger partial charge in [0.2, 0.25) is 0 Å². The first-order chi connectivity index (χ1) is 14.2. The number of nitrogens with zero attached hydrogens (tertiary/aromatic N) is 4. The van der Waals surface area contributed by atoms with E-state index in [1.165, 1.54) is 5.56 Å². The molecule has 3 heterocycles. The van der Waals surface area contributed by atoms with E-state index >= 15 is 0 Å². The highest BCUT2D eigenvalue weighted by molar-refractivity contribution is 5.66. The molecule has 7 heteroatoms. The highest BCUT2D eigenvalue weighted by Gasteiger charge is 2.25. The van der Waals surface area contributed by atoms with Gasteiger partial charge in [-0.15, -0.1) is 0 Å². The zero-order chi connectivity index (χ0) is 20.6. The Morgan fingerprint density at radius 2 is 2.07 bits per heavy atom. The van der Waals surface area contributed by atoms with Crippen molar-refractivity contribution in [3.8, 4) is 6.07 Å². The third-order valence-corrected chi connectivity index (χ3v) is 6.05.